The maximum atomic E-state index is 5.33. The van der Waals surface area contributed by atoms with Crippen molar-refractivity contribution in [3.05, 3.63) is 0 Å². The monoisotopic (exact) mass is 810 g/mol. The molecular formula is C29H75KO6Si9. The maximum absolute atomic E-state index is 5.33. The molecule has 2 aliphatic rings. The average molecular weight is 812 g/mol. The van der Waals surface area contributed by atoms with E-state index in [1.807, 2.05) is 0 Å². The van der Waals surface area contributed by atoms with Gasteiger partial charge < -0.3 is 28.4 Å². The van der Waals surface area contributed by atoms with E-state index in [4.69, 9.17) is 28.4 Å². The second-order valence-electron chi connectivity index (χ2n) is 17.8. The summed E-state index contributed by atoms with van der Waals surface area (Å²) in [6, 6.07) is 0. The molecule has 0 radical (unpaired) electrons. The third-order valence-corrected chi connectivity index (χ3v) is 243. The Hall–Kier alpha value is 3.35. The van der Waals surface area contributed by atoms with E-state index in [9.17, 15) is 0 Å². The second-order valence-corrected chi connectivity index (χ2v) is 123. The predicted molar refractivity (Wildman–Crippen MR) is 216 cm³/mol. The third-order valence-electron chi connectivity index (χ3n) is 13.0. The molecule has 0 saturated carbocycles. The van der Waals surface area contributed by atoms with Crippen LogP contribution in [0.2, 0.25) is 111 Å². The summed E-state index contributed by atoms with van der Waals surface area (Å²) in [6.07, 6.45) is 0. The van der Waals surface area contributed by atoms with Crippen LogP contribution in [-0.2, 0) is 28.4 Å². The molecule has 264 valence electrons. The van der Waals surface area contributed by atoms with Gasteiger partial charge in [0.1, 0.15) is 0 Å². The molecule has 2 rings (SSSR count). The molecule has 16 heteroatoms. The Bertz CT molecular complexity index is 745. The third kappa shape index (κ3) is 11.2. The van der Waals surface area contributed by atoms with Gasteiger partial charge in [-0.15, -0.1) is 28.4 Å². The van der Waals surface area contributed by atoms with Crippen LogP contribution in [0.4, 0.5) is 0 Å². The molecule has 2 heterocycles. The molecule has 6 nitrogen and oxygen atoms in total. The van der Waals surface area contributed by atoms with Crippen molar-refractivity contribution in [1.82, 2.24) is 0 Å². The van der Waals surface area contributed by atoms with Crippen molar-refractivity contribution in [1.29, 1.82) is 0 Å². The van der Waals surface area contributed by atoms with E-state index in [-0.39, 0.29) is 58.7 Å². The molecule has 0 N–H and O–H groups in total. The molecule has 0 amide bonds. The quantitative estimate of drug-likeness (QED) is 0.407. The van der Waals surface area contributed by atoms with Gasteiger partial charge in [0.15, 0.2) is 0 Å². The minimum Gasteiger partial charge on any atom is -0.377 e. The van der Waals surface area contributed by atoms with Crippen LogP contribution in [-0.4, -0.2) is 144 Å². The van der Waals surface area contributed by atoms with Gasteiger partial charge in [0.2, 0.25) is 0 Å². The molecular weight excluding hydrogens is 736 g/mol. The van der Waals surface area contributed by atoms with Crippen LogP contribution in [0, 0.1) is 0 Å². The summed E-state index contributed by atoms with van der Waals surface area (Å²) in [5.41, 5.74) is 0. The first-order valence-electron chi connectivity index (χ1n) is 17.2. The molecule has 0 bridgehead atoms. The number of hydrogen-bond donors (Lipinski definition) is 0. The summed E-state index contributed by atoms with van der Waals surface area (Å²) in [7, 11) is -7.95. The first-order valence-corrected chi connectivity index (χ1v) is 52.2. The van der Waals surface area contributed by atoms with Gasteiger partial charge in [-0.2, -0.15) is 0 Å². The summed E-state index contributed by atoms with van der Waals surface area (Å²) in [5.74, 6) is 0. The standard InChI is InChI=1S/C17H51Si9.C12H24O6.K/c1-19(2,3)18(20(4,5)6)26(17)24(13,14)22(9,10)21(7,8)23(11,12)25(26,15)16;1-2-14-5-6-16-9-10-18-12-11-17-8-7-15-4-3-13-1;/h1-17H3;1-12H2;/q-1;;+1. The van der Waals surface area contributed by atoms with E-state index in [2.05, 4.69) is 111 Å². The average Bonchev–Trinajstić information content (AvgIpc) is 2.86. The topological polar surface area (TPSA) is 55.4 Å². The van der Waals surface area contributed by atoms with Gasteiger partial charge in [0.05, 0.1) is 79.3 Å². The molecule has 0 spiro atoms. The fourth-order valence-corrected chi connectivity index (χ4v) is 443. The summed E-state index contributed by atoms with van der Waals surface area (Å²) in [5, 5.41) is 0. The number of rotatable bonds is 3. The van der Waals surface area contributed by atoms with Crippen molar-refractivity contribution in [2.24, 2.45) is 0 Å². The first-order chi connectivity index (χ1) is 19.9. The van der Waals surface area contributed by atoms with E-state index in [1.165, 1.54) is 0 Å². The van der Waals surface area contributed by atoms with Gasteiger partial charge in [-0.3, -0.25) is 7.35 Å². The molecule has 0 aliphatic carbocycles. The van der Waals surface area contributed by atoms with Crippen molar-refractivity contribution < 1.29 is 79.8 Å². The molecule has 45 heavy (non-hydrogen) atoms. The summed E-state index contributed by atoms with van der Waals surface area (Å²) in [4.78, 5) is 0. The van der Waals surface area contributed by atoms with Crippen LogP contribution in [0.15, 0.2) is 0 Å². The van der Waals surface area contributed by atoms with Crippen LogP contribution in [0.1, 0.15) is 0 Å². The van der Waals surface area contributed by atoms with Crippen molar-refractivity contribution in [2.75, 3.05) is 79.3 Å². The predicted octanol–water partition coefficient (Wildman–Crippen LogP) is 3.60. The van der Waals surface area contributed by atoms with E-state index >= 15 is 0 Å². The molecule has 0 atom stereocenters. The molecule has 2 saturated heterocycles. The number of ether oxygens (including phenoxy) is 6. The Morgan fingerprint density at radius 3 is 0.644 bits per heavy atom. The van der Waals surface area contributed by atoms with Crippen molar-refractivity contribution in [3.8, 4) is 0 Å². The zero-order chi connectivity index (χ0) is 34.3. The van der Waals surface area contributed by atoms with Gasteiger partial charge in [-0.1, -0.05) is 105 Å². The van der Waals surface area contributed by atoms with Crippen molar-refractivity contribution in [2.45, 2.75) is 111 Å². The zero-order valence-electron chi connectivity index (χ0n) is 33.4. The molecule has 2 fully saturated rings. The fourth-order valence-electron chi connectivity index (χ4n) is 8.94. The first kappa shape index (κ1) is 48.3. The summed E-state index contributed by atoms with van der Waals surface area (Å²) < 4.78 is 32.0. The molecule has 0 aromatic rings. The summed E-state index contributed by atoms with van der Waals surface area (Å²) >= 11 is 0. The van der Waals surface area contributed by atoms with Gasteiger partial charge in [0, 0.05) is 21.3 Å². The Morgan fingerprint density at radius 2 is 0.489 bits per heavy atom. The van der Waals surface area contributed by atoms with E-state index in [1.54, 1.807) is 0 Å². The Balaban J connectivity index is 0.000000895. The van der Waals surface area contributed by atoms with Gasteiger partial charge in [0.25, 0.3) is 0 Å². The second kappa shape index (κ2) is 19.4. The minimum absolute atomic E-state index is 0. The maximum Gasteiger partial charge on any atom is 1.00 e. The Labute approximate surface area is 331 Å². The minimum atomic E-state index is -1.19. The fraction of sp³-hybridized carbons (Fsp3) is 1.00. The van der Waals surface area contributed by atoms with Crippen LogP contribution in [0.5, 0.6) is 0 Å². The van der Waals surface area contributed by atoms with E-state index in [0.29, 0.717) is 79.3 Å². The molecule has 0 unspecified atom stereocenters. The van der Waals surface area contributed by atoms with Crippen molar-refractivity contribution in [3.63, 3.8) is 0 Å². The van der Waals surface area contributed by atoms with Gasteiger partial charge in [-0.05, 0) is 14.2 Å². The van der Waals surface area contributed by atoms with Gasteiger partial charge >= 0.3 is 51.4 Å². The smallest absolute Gasteiger partial charge is 0.377 e. The number of hydrogen-bond acceptors (Lipinski definition) is 6. The molecule has 0 aromatic carbocycles. The Kier molecular flexibility index (Phi) is 20.9. The van der Waals surface area contributed by atoms with E-state index < -0.39 is 57.4 Å². The summed E-state index contributed by atoms with van der Waals surface area (Å²) in [6.45, 7) is 55.5. The zero-order valence-corrected chi connectivity index (χ0v) is 45.6. The van der Waals surface area contributed by atoms with E-state index in [0.717, 1.165) is 0 Å². The molecule has 2 aliphatic heterocycles. The largest absolute Gasteiger partial charge is 1.00 e. The van der Waals surface area contributed by atoms with Crippen molar-refractivity contribution >= 4 is 64.7 Å². The normalized spacial score (nSPS) is 26.3. The van der Waals surface area contributed by atoms with Crippen LogP contribution in [0.25, 0.3) is 0 Å². The Morgan fingerprint density at radius 1 is 0.333 bits per heavy atom. The van der Waals surface area contributed by atoms with Crippen LogP contribution >= 0.6 is 0 Å². The van der Waals surface area contributed by atoms with Crippen LogP contribution < -0.4 is 51.4 Å². The molecule has 0 aromatic heterocycles. The van der Waals surface area contributed by atoms with Gasteiger partial charge in [-0.25, -0.2) is 0 Å². The SMILES string of the molecule is C1COCCOCCOCCOCCOCCO1.C[Si](C)(C)[Si-]([Si](C)(C)C)[Si]1(C)[Si](C)(C)[Si](C)(C)[Si](C)(C)[Si](C)(C)[Si]1(C)C.[K+]. The van der Waals surface area contributed by atoms with Crippen LogP contribution in [0.3, 0.4) is 0 Å².